The third-order valence-corrected chi connectivity index (χ3v) is 6.18. The van der Waals surface area contributed by atoms with E-state index in [4.69, 9.17) is 4.74 Å². The average molecular weight is 299 g/mol. The van der Waals surface area contributed by atoms with Crippen LogP contribution in [0.1, 0.15) is 0 Å². The van der Waals surface area contributed by atoms with Gasteiger partial charge in [-0.15, -0.1) is 22.0 Å². The Morgan fingerprint density at radius 2 is 2.16 bits per heavy atom. The Morgan fingerprint density at radius 3 is 2.79 bits per heavy atom. The highest BCUT2D eigenvalue weighted by Crippen LogP contribution is 2.41. The normalized spacial score (nSPS) is 30.3. The van der Waals surface area contributed by atoms with Crippen LogP contribution in [0, 0.1) is 0 Å². The van der Waals surface area contributed by atoms with Crippen molar-refractivity contribution < 1.29 is 14.6 Å². The Balaban J connectivity index is 1.88. The number of aliphatic hydroxyl groups excluding tert-OH is 1. The molecule has 0 radical (unpaired) electrons. The molecule has 19 heavy (non-hydrogen) atoms. The second-order valence-corrected chi connectivity index (χ2v) is 6.72. The van der Waals surface area contributed by atoms with E-state index in [1.807, 2.05) is 0 Å². The van der Waals surface area contributed by atoms with Crippen LogP contribution in [-0.4, -0.2) is 56.6 Å². The molecule has 0 aromatic carbocycles. The summed E-state index contributed by atoms with van der Waals surface area (Å²) in [6.07, 6.45) is -0.835. The molecule has 0 spiro atoms. The van der Waals surface area contributed by atoms with Gasteiger partial charge < -0.3 is 9.84 Å². The van der Waals surface area contributed by atoms with E-state index in [2.05, 4.69) is 10.2 Å². The monoisotopic (exact) mass is 299 g/mol. The summed E-state index contributed by atoms with van der Waals surface area (Å²) in [5.41, 5.74) is 0. The summed E-state index contributed by atoms with van der Waals surface area (Å²) < 4.78 is 4.93. The van der Waals surface area contributed by atoms with Gasteiger partial charge in [-0.05, 0) is 6.07 Å². The van der Waals surface area contributed by atoms with E-state index in [1.165, 1.54) is 12.0 Å². The molecule has 2 saturated heterocycles. The Kier molecular flexibility index (Phi) is 3.55. The zero-order valence-corrected chi connectivity index (χ0v) is 11.9. The highest BCUT2D eigenvalue weighted by Gasteiger charge is 2.50. The number of aliphatic hydroxyl groups is 1. The van der Waals surface area contributed by atoms with Crippen molar-refractivity contribution in [2.24, 2.45) is 0 Å². The molecule has 8 heteroatoms. The fourth-order valence-corrected chi connectivity index (χ4v) is 5.15. The van der Waals surface area contributed by atoms with E-state index < -0.39 is 6.23 Å². The van der Waals surface area contributed by atoms with Crippen molar-refractivity contribution in [2.45, 2.75) is 16.7 Å². The lowest BCUT2D eigenvalue weighted by Gasteiger charge is -2.24. The Labute approximate surface area is 118 Å². The first kappa shape index (κ1) is 13.0. The van der Waals surface area contributed by atoms with Gasteiger partial charge in [0.1, 0.15) is 11.5 Å². The van der Waals surface area contributed by atoms with E-state index in [1.54, 1.807) is 35.7 Å². The van der Waals surface area contributed by atoms with Gasteiger partial charge in [-0.1, -0.05) is 0 Å². The minimum atomic E-state index is -0.835. The average Bonchev–Trinajstić information content (AvgIpc) is 2.72. The number of carbonyl (C=O) groups is 1. The predicted octanol–water partition coefficient (Wildman–Crippen LogP) is 0.367. The molecule has 3 rings (SSSR count). The molecular formula is C11H13N3O3S2. The maximum atomic E-state index is 12.3. The van der Waals surface area contributed by atoms with Crippen molar-refractivity contribution in [2.75, 3.05) is 23.5 Å². The zero-order chi connectivity index (χ0) is 13.4. The van der Waals surface area contributed by atoms with Crippen LogP contribution in [0.3, 0.4) is 0 Å². The number of methoxy groups -OCH3 is 1. The molecular weight excluding hydrogens is 286 g/mol. The van der Waals surface area contributed by atoms with Crippen LogP contribution in [0.5, 0.6) is 5.88 Å². The summed E-state index contributed by atoms with van der Waals surface area (Å²) in [7, 11) is 1.50. The van der Waals surface area contributed by atoms with Crippen LogP contribution in [0.25, 0.3) is 0 Å². The van der Waals surface area contributed by atoms with Crippen LogP contribution in [0.15, 0.2) is 12.1 Å². The lowest BCUT2D eigenvalue weighted by atomic mass is 10.3. The van der Waals surface area contributed by atoms with E-state index in [-0.39, 0.29) is 16.4 Å². The molecule has 0 saturated carbocycles. The molecule has 1 N–H and O–H groups in total. The first-order valence-corrected chi connectivity index (χ1v) is 7.94. The molecule has 1 aromatic heterocycles. The van der Waals surface area contributed by atoms with E-state index >= 15 is 0 Å². The number of carbonyl (C=O) groups excluding carboxylic acids is 1. The molecule has 3 atom stereocenters. The number of rotatable bonds is 2. The molecule has 3 heterocycles. The summed E-state index contributed by atoms with van der Waals surface area (Å²) >= 11 is 3.25. The third-order valence-electron chi connectivity index (χ3n) is 3.11. The molecule has 2 aliphatic rings. The number of ether oxygens (including phenoxy) is 1. The van der Waals surface area contributed by atoms with Gasteiger partial charge in [-0.25, -0.2) is 0 Å². The molecule has 2 aliphatic heterocycles. The van der Waals surface area contributed by atoms with Crippen LogP contribution >= 0.6 is 23.5 Å². The molecule has 0 bridgehead atoms. The molecule has 1 amide bonds. The number of thioether (sulfide) groups is 2. The van der Waals surface area contributed by atoms with Gasteiger partial charge in [-0.3, -0.25) is 9.69 Å². The lowest BCUT2D eigenvalue weighted by molar-refractivity contribution is -0.117. The third kappa shape index (κ3) is 2.17. The zero-order valence-electron chi connectivity index (χ0n) is 10.2. The van der Waals surface area contributed by atoms with E-state index in [9.17, 15) is 9.90 Å². The standard InChI is InChI=1S/C11H13N3O3S2/c1-17-7-3-2-6(12-13-7)14-10(15)8-9(11(14)16)19-5-4-18-8/h2-3,8-10,15H,4-5H2,1H3. The maximum Gasteiger partial charge on any atom is 0.244 e. The minimum Gasteiger partial charge on any atom is -0.480 e. The van der Waals surface area contributed by atoms with Gasteiger partial charge in [0.15, 0.2) is 5.82 Å². The number of hydrogen-bond donors (Lipinski definition) is 1. The van der Waals surface area contributed by atoms with Gasteiger partial charge >= 0.3 is 0 Å². The number of hydrogen-bond acceptors (Lipinski definition) is 7. The largest absolute Gasteiger partial charge is 0.480 e. The van der Waals surface area contributed by atoms with Crippen molar-refractivity contribution in [3.05, 3.63) is 12.1 Å². The fraction of sp³-hybridized carbons (Fsp3) is 0.545. The first-order chi connectivity index (χ1) is 9.22. The smallest absolute Gasteiger partial charge is 0.244 e. The van der Waals surface area contributed by atoms with Crippen LogP contribution in [0.4, 0.5) is 5.82 Å². The van der Waals surface area contributed by atoms with Crippen molar-refractivity contribution >= 4 is 35.2 Å². The topological polar surface area (TPSA) is 75.5 Å². The molecule has 0 aliphatic carbocycles. The highest BCUT2D eigenvalue weighted by atomic mass is 32.2. The Morgan fingerprint density at radius 1 is 1.37 bits per heavy atom. The van der Waals surface area contributed by atoms with Crippen molar-refractivity contribution in [1.82, 2.24) is 10.2 Å². The van der Waals surface area contributed by atoms with Gasteiger partial charge in [0.2, 0.25) is 11.8 Å². The van der Waals surface area contributed by atoms with E-state index in [0.29, 0.717) is 11.7 Å². The van der Waals surface area contributed by atoms with Crippen LogP contribution < -0.4 is 9.64 Å². The van der Waals surface area contributed by atoms with Gasteiger partial charge in [0.05, 0.1) is 12.4 Å². The van der Waals surface area contributed by atoms with Gasteiger partial charge in [0, 0.05) is 17.6 Å². The first-order valence-electron chi connectivity index (χ1n) is 5.84. The Hall–Kier alpha value is -0.990. The van der Waals surface area contributed by atoms with Crippen LogP contribution in [0.2, 0.25) is 0 Å². The quantitative estimate of drug-likeness (QED) is 0.845. The summed E-state index contributed by atoms with van der Waals surface area (Å²) in [5, 5.41) is 17.8. The molecule has 102 valence electrons. The second-order valence-electron chi connectivity index (χ2n) is 4.18. The number of amides is 1. The van der Waals surface area contributed by atoms with Crippen molar-refractivity contribution in [3.8, 4) is 5.88 Å². The molecule has 3 unspecified atom stereocenters. The number of nitrogens with zero attached hydrogens (tertiary/aromatic N) is 3. The van der Waals surface area contributed by atoms with Gasteiger partial charge in [0.25, 0.3) is 0 Å². The fourth-order valence-electron chi connectivity index (χ4n) is 2.21. The lowest BCUT2D eigenvalue weighted by Crippen LogP contribution is -2.36. The number of anilines is 1. The summed E-state index contributed by atoms with van der Waals surface area (Å²) in [4.78, 5) is 13.7. The predicted molar refractivity (Wildman–Crippen MR) is 74.6 cm³/mol. The minimum absolute atomic E-state index is 0.0878. The molecule has 1 aromatic rings. The van der Waals surface area contributed by atoms with Gasteiger partial charge in [-0.2, -0.15) is 11.8 Å². The van der Waals surface area contributed by atoms with Crippen molar-refractivity contribution in [1.29, 1.82) is 0 Å². The number of aromatic nitrogens is 2. The summed E-state index contributed by atoms with van der Waals surface area (Å²) in [5.74, 6) is 2.55. The van der Waals surface area contributed by atoms with Crippen LogP contribution in [-0.2, 0) is 4.79 Å². The molecule has 2 fully saturated rings. The second kappa shape index (κ2) is 5.18. The summed E-state index contributed by atoms with van der Waals surface area (Å²) in [6.45, 7) is 0. The maximum absolute atomic E-state index is 12.3. The highest BCUT2D eigenvalue weighted by molar-refractivity contribution is 8.07. The number of fused-ring (bicyclic) bond motifs is 1. The molecule has 6 nitrogen and oxygen atoms in total. The SMILES string of the molecule is COc1ccc(N2C(=O)C3SCCSC3C2O)nn1. The van der Waals surface area contributed by atoms with Crippen molar-refractivity contribution in [3.63, 3.8) is 0 Å². The Bertz CT molecular complexity index is 485. The summed E-state index contributed by atoms with van der Waals surface area (Å²) in [6, 6.07) is 3.27. The van der Waals surface area contributed by atoms with E-state index in [0.717, 1.165) is 11.5 Å².